The van der Waals surface area contributed by atoms with Gasteiger partial charge in [0.2, 0.25) is 0 Å². The molecule has 0 bridgehead atoms. The van der Waals surface area contributed by atoms with Crippen LogP contribution in [0.25, 0.3) is 0 Å². The summed E-state index contributed by atoms with van der Waals surface area (Å²) in [5, 5.41) is 3.49. The van der Waals surface area contributed by atoms with Crippen molar-refractivity contribution in [2.75, 3.05) is 12.4 Å². The molecule has 3 atom stereocenters. The number of nitrogens with one attached hydrogen (secondary N) is 1. The first kappa shape index (κ1) is 14.7. The van der Waals surface area contributed by atoms with Gasteiger partial charge in [-0.05, 0) is 15.5 Å². The summed E-state index contributed by atoms with van der Waals surface area (Å²) in [6.45, 7) is -0.0323. The maximum absolute atomic E-state index is 14.2. The standard InChI is InChI=1S/C13H13F2N2O2PS/c14-8-1-2-9(10(15)4-8)13-6-19-11(18)3-7(13)5-21-12(16-13)17-20/h1-2,4,7H,3,5-6,20H2,(H,16,17). The van der Waals surface area contributed by atoms with Crippen LogP contribution in [0.1, 0.15) is 12.0 Å². The summed E-state index contributed by atoms with van der Waals surface area (Å²) in [5.74, 6) is -1.18. The quantitative estimate of drug-likeness (QED) is 0.634. The van der Waals surface area contributed by atoms with Crippen LogP contribution in [0.15, 0.2) is 23.2 Å². The number of thioether (sulfide) groups is 1. The van der Waals surface area contributed by atoms with E-state index < -0.39 is 17.2 Å². The number of cyclic esters (lactones) is 1. The Morgan fingerprint density at radius 2 is 2.29 bits per heavy atom. The van der Waals surface area contributed by atoms with E-state index in [9.17, 15) is 13.6 Å². The largest absolute Gasteiger partial charge is 0.463 e. The van der Waals surface area contributed by atoms with Crippen molar-refractivity contribution in [1.82, 2.24) is 5.09 Å². The number of fused-ring (bicyclic) bond motifs is 1. The van der Waals surface area contributed by atoms with E-state index >= 15 is 0 Å². The van der Waals surface area contributed by atoms with Crippen molar-refractivity contribution in [3.8, 4) is 0 Å². The molecule has 0 saturated carbocycles. The van der Waals surface area contributed by atoms with Crippen LogP contribution in [0, 0.1) is 17.6 Å². The van der Waals surface area contributed by atoms with E-state index in [0.29, 0.717) is 10.9 Å². The number of aliphatic imine (C=N–C) groups is 1. The average molecular weight is 330 g/mol. The maximum atomic E-state index is 14.2. The highest BCUT2D eigenvalue weighted by Crippen LogP contribution is 2.45. The second-order valence-electron chi connectivity index (χ2n) is 4.98. The third-order valence-corrected chi connectivity index (χ3v) is 5.32. The van der Waals surface area contributed by atoms with Gasteiger partial charge < -0.3 is 9.82 Å². The zero-order valence-electron chi connectivity index (χ0n) is 10.9. The van der Waals surface area contributed by atoms with Gasteiger partial charge in [0.05, 0.1) is 6.42 Å². The molecule has 0 amide bonds. The normalized spacial score (nSPS) is 28.4. The van der Waals surface area contributed by atoms with Crippen molar-refractivity contribution in [3.63, 3.8) is 0 Å². The first-order valence-corrected chi connectivity index (χ1v) is 7.92. The summed E-state index contributed by atoms with van der Waals surface area (Å²) in [5.41, 5.74) is -0.727. The number of halogens is 2. The Bertz CT molecular complexity index is 628. The Balaban J connectivity index is 2.13. The van der Waals surface area contributed by atoms with Crippen LogP contribution in [0.2, 0.25) is 0 Å². The van der Waals surface area contributed by atoms with Crippen LogP contribution in [0.4, 0.5) is 8.78 Å². The van der Waals surface area contributed by atoms with Gasteiger partial charge in [0.25, 0.3) is 0 Å². The van der Waals surface area contributed by atoms with Crippen LogP contribution < -0.4 is 5.09 Å². The molecule has 8 heteroatoms. The molecule has 0 spiro atoms. The van der Waals surface area contributed by atoms with Gasteiger partial charge in [0.1, 0.15) is 23.8 Å². The van der Waals surface area contributed by atoms with Gasteiger partial charge in [-0.25, -0.2) is 13.8 Å². The van der Waals surface area contributed by atoms with Gasteiger partial charge in [-0.3, -0.25) is 4.79 Å². The summed E-state index contributed by atoms with van der Waals surface area (Å²) in [7, 11) is 2.34. The number of hydrogen-bond donors (Lipinski definition) is 1. The third-order valence-electron chi connectivity index (χ3n) is 3.78. The first-order chi connectivity index (χ1) is 10.0. The Morgan fingerprint density at radius 1 is 1.48 bits per heavy atom. The smallest absolute Gasteiger partial charge is 0.306 e. The average Bonchev–Trinajstić information content (AvgIpc) is 2.46. The number of rotatable bonds is 1. The Labute approximate surface area is 127 Å². The van der Waals surface area contributed by atoms with E-state index in [-0.39, 0.29) is 30.5 Å². The second kappa shape index (κ2) is 5.54. The van der Waals surface area contributed by atoms with Gasteiger partial charge in [-0.15, -0.1) is 0 Å². The summed E-state index contributed by atoms with van der Waals surface area (Å²) >= 11 is 1.47. The molecule has 1 N–H and O–H groups in total. The summed E-state index contributed by atoms with van der Waals surface area (Å²) in [6.07, 6.45) is 0.178. The summed E-state index contributed by atoms with van der Waals surface area (Å²) in [6, 6.07) is 3.42. The fraction of sp³-hybridized carbons (Fsp3) is 0.385. The number of ether oxygens (including phenoxy) is 1. The van der Waals surface area contributed by atoms with Crippen molar-refractivity contribution in [1.29, 1.82) is 0 Å². The van der Waals surface area contributed by atoms with Crippen molar-refractivity contribution in [3.05, 3.63) is 35.4 Å². The van der Waals surface area contributed by atoms with Crippen molar-refractivity contribution < 1.29 is 18.3 Å². The van der Waals surface area contributed by atoms with Gasteiger partial charge >= 0.3 is 5.97 Å². The SMILES string of the molecule is O=C1CC2CSC(NP)=NC2(c2ccc(F)cc2F)CO1. The fourth-order valence-electron chi connectivity index (χ4n) is 2.72. The van der Waals surface area contributed by atoms with Crippen LogP contribution in [0.3, 0.4) is 0 Å². The highest BCUT2D eigenvalue weighted by atomic mass is 32.2. The zero-order valence-corrected chi connectivity index (χ0v) is 12.9. The van der Waals surface area contributed by atoms with Crippen molar-refractivity contribution >= 4 is 32.3 Å². The van der Waals surface area contributed by atoms with E-state index in [1.54, 1.807) is 0 Å². The fourth-order valence-corrected chi connectivity index (χ4v) is 4.10. The lowest BCUT2D eigenvalue weighted by molar-refractivity contribution is -0.154. The Morgan fingerprint density at radius 3 is 3.00 bits per heavy atom. The molecule has 2 aliphatic rings. The van der Waals surface area contributed by atoms with Crippen LogP contribution in [-0.4, -0.2) is 23.5 Å². The Kier molecular flexibility index (Phi) is 3.88. The molecule has 3 rings (SSSR count). The lowest BCUT2D eigenvalue weighted by atomic mass is 9.76. The second-order valence-corrected chi connectivity index (χ2v) is 6.28. The lowest BCUT2D eigenvalue weighted by Gasteiger charge is -2.43. The first-order valence-electron chi connectivity index (χ1n) is 6.35. The molecular formula is C13H13F2N2O2PS. The highest BCUT2D eigenvalue weighted by Gasteiger charge is 2.50. The molecule has 2 heterocycles. The van der Waals surface area contributed by atoms with Crippen molar-refractivity contribution in [2.45, 2.75) is 12.0 Å². The number of amidine groups is 1. The number of hydrogen-bond acceptors (Lipinski definition) is 5. The number of carbonyl (C=O) groups is 1. The van der Waals surface area contributed by atoms with Gasteiger partial charge in [-0.2, -0.15) is 0 Å². The molecule has 112 valence electrons. The predicted molar refractivity (Wildman–Crippen MR) is 79.8 cm³/mol. The van der Waals surface area contributed by atoms with E-state index in [4.69, 9.17) is 4.74 Å². The molecule has 1 aromatic carbocycles. The molecule has 0 aromatic heterocycles. The number of nitrogens with zero attached hydrogens (tertiary/aromatic N) is 1. The van der Waals surface area contributed by atoms with Gasteiger partial charge in [-0.1, -0.05) is 17.8 Å². The minimum atomic E-state index is -0.990. The molecule has 0 aliphatic carbocycles. The maximum Gasteiger partial charge on any atom is 0.306 e. The Hall–Kier alpha value is -1.20. The molecule has 0 radical (unpaired) electrons. The molecule has 1 aromatic rings. The van der Waals surface area contributed by atoms with Gasteiger partial charge in [0, 0.05) is 23.3 Å². The predicted octanol–water partition coefficient (Wildman–Crippen LogP) is 2.21. The minimum absolute atomic E-state index is 0.0323. The van der Waals surface area contributed by atoms with E-state index in [2.05, 4.69) is 19.5 Å². The molecule has 1 fully saturated rings. The molecular weight excluding hydrogens is 317 g/mol. The van der Waals surface area contributed by atoms with E-state index in [1.165, 1.54) is 23.9 Å². The third kappa shape index (κ3) is 2.53. The van der Waals surface area contributed by atoms with Crippen LogP contribution in [-0.2, 0) is 15.1 Å². The van der Waals surface area contributed by atoms with Gasteiger partial charge in [0.15, 0.2) is 5.17 Å². The number of carbonyl (C=O) groups excluding carboxylic acids is 1. The monoisotopic (exact) mass is 330 g/mol. The molecule has 3 unspecified atom stereocenters. The molecule has 21 heavy (non-hydrogen) atoms. The van der Waals surface area contributed by atoms with Crippen LogP contribution in [0.5, 0.6) is 0 Å². The molecule has 1 saturated heterocycles. The highest BCUT2D eigenvalue weighted by molar-refractivity contribution is 8.14. The van der Waals surface area contributed by atoms with Crippen LogP contribution >= 0.6 is 21.2 Å². The zero-order chi connectivity index (χ0) is 15.0. The number of esters is 1. The van der Waals surface area contributed by atoms with E-state index in [0.717, 1.165) is 6.07 Å². The summed E-state index contributed by atoms with van der Waals surface area (Å²) < 4.78 is 32.5. The lowest BCUT2D eigenvalue weighted by Crippen LogP contribution is -2.49. The van der Waals surface area contributed by atoms with E-state index in [1.807, 2.05) is 0 Å². The molecule has 2 aliphatic heterocycles. The summed E-state index contributed by atoms with van der Waals surface area (Å²) in [4.78, 5) is 16.1. The topological polar surface area (TPSA) is 50.7 Å². The van der Waals surface area contributed by atoms with Crippen molar-refractivity contribution in [2.24, 2.45) is 10.9 Å². The number of benzene rings is 1. The molecule has 4 nitrogen and oxygen atoms in total. The minimum Gasteiger partial charge on any atom is -0.463 e.